The van der Waals surface area contributed by atoms with Gasteiger partial charge in [-0.2, -0.15) is 0 Å². The molecule has 3 N–H and O–H groups in total. The predicted molar refractivity (Wildman–Crippen MR) is 28.7 cm³/mol. The molecule has 0 aromatic heterocycles. The fourth-order valence-corrected chi connectivity index (χ4v) is 0. The van der Waals surface area contributed by atoms with Gasteiger partial charge in [0.1, 0.15) is 0 Å². The standard InChI is InChI=1S/ClH.K.H3O4P.H/c;;1-5(2,3)4;/h1H;;(H3,1,2,3,4);. The molecule has 0 radical (unpaired) electrons. The van der Waals surface area contributed by atoms with Crippen molar-refractivity contribution in [2.24, 2.45) is 0 Å². The molecule has 0 aliphatic carbocycles. The van der Waals surface area contributed by atoms with E-state index in [0.29, 0.717) is 0 Å². The Kier molecular flexibility index (Phi) is 14.1. The first-order valence-corrected chi connectivity index (χ1v) is 2.35. The van der Waals surface area contributed by atoms with Crippen LogP contribution in [0.1, 0.15) is 0 Å². The van der Waals surface area contributed by atoms with Gasteiger partial charge in [-0.25, -0.2) is 4.57 Å². The third kappa shape index (κ3) is 70.6. The minimum atomic E-state index is -4.64. The van der Waals surface area contributed by atoms with E-state index in [1.54, 1.807) is 0 Å². The van der Waals surface area contributed by atoms with Gasteiger partial charge in [0.2, 0.25) is 0 Å². The molecule has 0 aliphatic heterocycles. The molecule has 4 nitrogen and oxygen atoms in total. The Bertz CT molecular complexity index is 57.8. The number of hydrogen-bond acceptors (Lipinski definition) is 1. The summed E-state index contributed by atoms with van der Waals surface area (Å²) in [6, 6.07) is 0. The van der Waals surface area contributed by atoms with Gasteiger partial charge in [-0.15, -0.1) is 12.4 Å². The van der Waals surface area contributed by atoms with Crippen LogP contribution in [0.25, 0.3) is 0 Å². The first-order valence-electron chi connectivity index (χ1n) is 0.783. The Morgan fingerprint density at radius 3 is 1.14 bits per heavy atom. The molecular weight excluding hydrogens is 170 g/mol. The second kappa shape index (κ2) is 6.16. The molecule has 0 amide bonds. The maximum absolute atomic E-state index is 8.88. The zero-order valence-electron chi connectivity index (χ0n) is 2.61. The van der Waals surface area contributed by atoms with Crippen molar-refractivity contribution in [2.75, 3.05) is 0 Å². The minimum absolute atomic E-state index is 0. The van der Waals surface area contributed by atoms with E-state index in [9.17, 15) is 0 Å². The molecule has 0 rings (SSSR count). The Balaban J connectivity index is -0.0000000800. The molecule has 0 saturated heterocycles. The summed E-state index contributed by atoms with van der Waals surface area (Å²) < 4.78 is 8.88. The van der Waals surface area contributed by atoms with Crippen LogP contribution in [-0.4, -0.2) is 66.1 Å². The van der Waals surface area contributed by atoms with Crippen LogP contribution < -0.4 is 0 Å². The Labute approximate surface area is 89.4 Å². The van der Waals surface area contributed by atoms with Crippen LogP contribution in [0, 0.1) is 0 Å². The van der Waals surface area contributed by atoms with E-state index in [4.69, 9.17) is 19.2 Å². The third-order valence-electron chi connectivity index (χ3n) is 0. The molecule has 0 heterocycles. The summed E-state index contributed by atoms with van der Waals surface area (Å²) in [7, 11) is -4.64. The Hall–Kier alpha value is 2.04. The molecule has 7 heteroatoms. The van der Waals surface area contributed by atoms with E-state index in [2.05, 4.69) is 0 Å². The molecule has 0 unspecified atom stereocenters. The topological polar surface area (TPSA) is 77.8 Å². The first-order chi connectivity index (χ1) is 2.00. The van der Waals surface area contributed by atoms with Crippen LogP contribution >= 0.6 is 20.2 Å². The second-order valence-electron chi connectivity index (χ2n) is 0.513. The third-order valence-corrected chi connectivity index (χ3v) is 0. The molecule has 0 fully saturated rings. The van der Waals surface area contributed by atoms with Gasteiger partial charge >= 0.3 is 59.2 Å². The average molecular weight is 175 g/mol. The summed E-state index contributed by atoms with van der Waals surface area (Å²) in [6.07, 6.45) is 0. The van der Waals surface area contributed by atoms with Crippen LogP contribution in [0.15, 0.2) is 0 Å². The van der Waals surface area contributed by atoms with Crippen molar-refractivity contribution < 1.29 is 19.2 Å². The summed E-state index contributed by atoms with van der Waals surface area (Å²) >= 11 is 0. The van der Waals surface area contributed by atoms with Crippen molar-refractivity contribution in [1.29, 1.82) is 0 Å². The van der Waals surface area contributed by atoms with Gasteiger partial charge in [0.05, 0.1) is 0 Å². The van der Waals surface area contributed by atoms with Crippen molar-refractivity contribution in [3.05, 3.63) is 0 Å². The Morgan fingerprint density at radius 2 is 1.14 bits per heavy atom. The molecule has 42 valence electrons. The molecule has 0 bridgehead atoms. The number of halogens is 1. The summed E-state index contributed by atoms with van der Waals surface area (Å²) in [5, 5.41) is 0. The van der Waals surface area contributed by atoms with Crippen LogP contribution in [0.2, 0.25) is 0 Å². The van der Waals surface area contributed by atoms with Gasteiger partial charge in [0.15, 0.2) is 0 Å². The van der Waals surface area contributed by atoms with Crippen LogP contribution in [0.4, 0.5) is 0 Å². The number of hydrogen-bond donors (Lipinski definition) is 3. The van der Waals surface area contributed by atoms with E-state index in [1.807, 2.05) is 0 Å². The molecule has 0 spiro atoms. The zero-order chi connectivity index (χ0) is 4.50. The van der Waals surface area contributed by atoms with Gasteiger partial charge in [-0.1, -0.05) is 0 Å². The van der Waals surface area contributed by atoms with Crippen LogP contribution in [-0.2, 0) is 4.57 Å². The number of rotatable bonds is 0. The SMILES string of the molecule is Cl.O=P(O)(O)O.[KH]. The molecule has 0 aliphatic rings. The monoisotopic (exact) mass is 174 g/mol. The molecule has 0 atom stereocenters. The van der Waals surface area contributed by atoms with E-state index in [1.165, 1.54) is 0 Å². The fraction of sp³-hybridized carbons (Fsp3) is 0. The van der Waals surface area contributed by atoms with Gasteiger partial charge in [-0.3, -0.25) is 0 Å². The predicted octanol–water partition coefficient (Wildman–Crippen LogP) is -1.16. The van der Waals surface area contributed by atoms with Gasteiger partial charge in [-0.05, 0) is 0 Å². The summed E-state index contributed by atoms with van der Waals surface area (Å²) in [6.45, 7) is 0. The van der Waals surface area contributed by atoms with Crippen molar-refractivity contribution in [2.45, 2.75) is 0 Å². The molecule has 7 heavy (non-hydrogen) atoms. The normalized spacial score (nSPS) is 8.43. The maximum atomic E-state index is 8.88. The van der Waals surface area contributed by atoms with Gasteiger partial charge in [0.25, 0.3) is 0 Å². The van der Waals surface area contributed by atoms with Crippen molar-refractivity contribution >= 4 is 71.6 Å². The van der Waals surface area contributed by atoms with Gasteiger partial charge < -0.3 is 14.7 Å². The molecule has 0 aromatic rings. The summed E-state index contributed by atoms with van der Waals surface area (Å²) in [5.41, 5.74) is 0. The van der Waals surface area contributed by atoms with E-state index >= 15 is 0 Å². The molecular formula is H5ClKO4P. The molecule has 0 aromatic carbocycles. The fourth-order valence-electron chi connectivity index (χ4n) is 0. The van der Waals surface area contributed by atoms with E-state index in [-0.39, 0.29) is 63.8 Å². The van der Waals surface area contributed by atoms with Crippen LogP contribution in [0.5, 0.6) is 0 Å². The van der Waals surface area contributed by atoms with E-state index < -0.39 is 7.82 Å². The van der Waals surface area contributed by atoms with Crippen LogP contribution in [0.3, 0.4) is 0 Å². The summed E-state index contributed by atoms with van der Waals surface area (Å²) in [4.78, 5) is 21.6. The Morgan fingerprint density at radius 1 is 1.14 bits per heavy atom. The zero-order valence-corrected chi connectivity index (χ0v) is 4.32. The second-order valence-corrected chi connectivity index (χ2v) is 1.54. The van der Waals surface area contributed by atoms with Crippen molar-refractivity contribution in [1.82, 2.24) is 0 Å². The van der Waals surface area contributed by atoms with Crippen molar-refractivity contribution in [3.8, 4) is 0 Å². The molecule has 0 saturated carbocycles. The van der Waals surface area contributed by atoms with E-state index in [0.717, 1.165) is 0 Å². The average Bonchev–Trinajstić information content (AvgIpc) is 0.722. The summed E-state index contributed by atoms with van der Waals surface area (Å²) in [5.74, 6) is 0. The number of phosphoric acid groups is 1. The first kappa shape index (κ1) is 16.0. The van der Waals surface area contributed by atoms with Gasteiger partial charge in [0, 0.05) is 0 Å². The van der Waals surface area contributed by atoms with Crippen molar-refractivity contribution in [3.63, 3.8) is 0 Å². The quantitative estimate of drug-likeness (QED) is 0.320.